The first-order chi connectivity index (χ1) is 9.16. The summed E-state index contributed by atoms with van der Waals surface area (Å²) in [5.74, 6) is -5.72. The molecule has 0 atom stereocenters. The van der Waals surface area contributed by atoms with Crippen LogP contribution in [0.15, 0.2) is 18.2 Å². The standard InChI is InChI=1S/C10H7ClF4N2O3/c11-6-3-1-2-5(7(6)17(19)20)8(18)16-4-10(14,15)9(12)13/h1-3,9H,4H2,(H,16,18). The van der Waals surface area contributed by atoms with Crippen LogP contribution in [0.2, 0.25) is 5.02 Å². The minimum atomic E-state index is -4.43. The van der Waals surface area contributed by atoms with E-state index in [0.29, 0.717) is 0 Å². The lowest BCUT2D eigenvalue weighted by molar-refractivity contribution is -0.385. The molecule has 0 unspecified atom stereocenters. The average molecular weight is 315 g/mol. The first-order valence-corrected chi connectivity index (χ1v) is 5.41. The van der Waals surface area contributed by atoms with Crippen molar-refractivity contribution in [2.24, 2.45) is 0 Å². The molecule has 0 aliphatic heterocycles. The Morgan fingerprint density at radius 3 is 2.55 bits per heavy atom. The number of halogens is 5. The van der Waals surface area contributed by atoms with Crippen molar-refractivity contribution < 1.29 is 27.3 Å². The highest BCUT2D eigenvalue weighted by Gasteiger charge is 2.41. The molecule has 1 amide bonds. The zero-order valence-corrected chi connectivity index (χ0v) is 10.3. The summed E-state index contributed by atoms with van der Waals surface area (Å²) in [5.41, 5.74) is -1.38. The highest BCUT2D eigenvalue weighted by atomic mass is 35.5. The first kappa shape index (κ1) is 16.2. The van der Waals surface area contributed by atoms with Crippen LogP contribution < -0.4 is 5.32 Å². The number of alkyl halides is 4. The molecule has 0 bridgehead atoms. The van der Waals surface area contributed by atoms with Crippen molar-refractivity contribution in [2.45, 2.75) is 12.3 Å². The van der Waals surface area contributed by atoms with Crippen molar-refractivity contribution in [3.63, 3.8) is 0 Å². The Hall–Kier alpha value is -1.90. The number of hydrogen-bond donors (Lipinski definition) is 1. The molecule has 0 spiro atoms. The Bertz CT molecular complexity index is 539. The Labute approximate surface area is 114 Å². The SMILES string of the molecule is O=C(NCC(F)(F)C(F)F)c1cccc(Cl)c1[N+](=O)[O-]. The van der Waals surface area contributed by atoms with Gasteiger partial charge in [0.2, 0.25) is 0 Å². The van der Waals surface area contributed by atoms with Gasteiger partial charge in [0.1, 0.15) is 10.6 Å². The van der Waals surface area contributed by atoms with Crippen molar-refractivity contribution in [3.8, 4) is 0 Å². The van der Waals surface area contributed by atoms with Crippen LogP contribution in [0, 0.1) is 10.1 Å². The van der Waals surface area contributed by atoms with Crippen LogP contribution >= 0.6 is 11.6 Å². The predicted molar refractivity (Wildman–Crippen MR) is 61.4 cm³/mol. The molecule has 20 heavy (non-hydrogen) atoms. The Morgan fingerprint density at radius 2 is 2.05 bits per heavy atom. The van der Waals surface area contributed by atoms with Crippen LogP contribution in [0.3, 0.4) is 0 Å². The number of carbonyl (C=O) groups is 1. The highest BCUT2D eigenvalue weighted by molar-refractivity contribution is 6.33. The lowest BCUT2D eigenvalue weighted by Gasteiger charge is -2.15. The van der Waals surface area contributed by atoms with Crippen LogP contribution in [-0.4, -0.2) is 29.7 Å². The van der Waals surface area contributed by atoms with Crippen molar-refractivity contribution in [1.29, 1.82) is 0 Å². The quantitative estimate of drug-likeness (QED) is 0.516. The summed E-state index contributed by atoms with van der Waals surface area (Å²) in [7, 11) is 0. The average Bonchev–Trinajstić information content (AvgIpc) is 2.35. The Morgan fingerprint density at radius 1 is 1.45 bits per heavy atom. The maximum absolute atomic E-state index is 12.6. The monoisotopic (exact) mass is 314 g/mol. The Kier molecular flexibility index (Phi) is 4.88. The smallest absolute Gasteiger partial charge is 0.324 e. The third-order valence-corrected chi connectivity index (χ3v) is 2.52. The molecule has 5 nitrogen and oxygen atoms in total. The van der Waals surface area contributed by atoms with Gasteiger partial charge in [-0.3, -0.25) is 14.9 Å². The molecule has 0 saturated carbocycles. The number of para-hydroxylation sites is 1. The van der Waals surface area contributed by atoms with Crippen LogP contribution in [0.4, 0.5) is 23.2 Å². The molecule has 0 aliphatic rings. The fourth-order valence-corrected chi connectivity index (χ4v) is 1.50. The van der Waals surface area contributed by atoms with Gasteiger partial charge in [0.15, 0.2) is 0 Å². The second-order valence-electron chi connectivity index (χ2n) is 3.64. The van der Waals surface area contributed by atoms with Gasteiger partial charge >= 0.3 is 18.0 Å². The number of benzene rings is 1. The minimum Gasteiger partial charge on any atom is -0.346 e. The van der Waals surface area contributed by atoms with Gasteiger partial charge in [-0.05, 0) is 12.1 Å². The summed E-state index contributed by atoms with van der Waals surface area (Å²) >= 11 is 5.52. The summed E-state index contributed by atoms with van der Waals surface area (Å²) in [4.78, 5) is 21.3. The zero-order chi connectivity index (χ0) is 15.5. The summed E-state index contributed by atoms with van der Waals surface area (Å²) in [5, 5.41) is 11.9. The van der Waals surface area contributed by atoms with Crippen molar-refractivity contribution in [1.82, 2.24) is 5.32 Å². The molecule has 0 aromatic heterocycles. The molecule has 1 N–H and O–H groups in total. The second-order valence-corrected chi connectivity index (χ2v) is 4.04. The van der Waals surface area contributed by atoms with Crippen molar-refractivity contribution in [2.75, 3.05) is 6.54 Å². The number of nitrogens with one attached hydrogen (secondary N) is 1. The predicted octanol–water partition coefficient (Wildman–Crippen LogP) is 2.88. The minimum absolute atomic E-state index is 0.372. The fourth-order valence-electron chi connectivity index (χ4n) is 1.25. The number of nitro benzene ring substituents is 1. The van der Waals surface area contributed by atoms with Crippen LogP contribution in [0.25, 0.3) is 0 Å². The van der Waals surface area contributed by atoms with Crippen molar-refractivity contribution in [3.05, 3.63) is 38.9 Å². The largest absolute Gasteiger partial charge is 0.346 e. The van der Waals surface area contributed by atoms with Gasteiger partial charge < -0.3 is 5.32 Å². The van der Waals surface area contributed by atoms with E-state index in [-0.39, 0.29) is 5.02 Å². The second kappa shape index (κ2) is 6.04. The molecule has 0 saturated heterocycles. The van der Waals surface area contributed by atoms with Crippen LogP contribution in [0.5, 0.6) is 0 Å². The van der Waals surface area contributed by atoms with E-state index in [1.807, 2.05) is 0 Å². The molecule has 1 aromatic carbocycles. The molecule has 0 aliphatic carbocycles. The van der Waals surface area contributed by atoms with Gasteiger partial charge in [-0.25, -0.2) is 8.78 Å². The third-order valence-electron chi connectivity index (χ3n) is 2.22. The van der Waals surface area contributed by atoms with Crippen LogP contribution in [0.1, 0.15) is 10.4 Å². The molecule has 10 heteroatoms. The van der Waals surface area contributed by atoms with E-state index in [0.717, 1.165) is 12.1 Å². The summed E-state index contributed by atoms with van der Waals surface area (Å²) in [6.45, 7) is -1.65. The summed E-state index contributed by atoms with van der Waals surface area (Å²) in [6.07, 6.45) is -3.96. The summed E-state index contributed by atoms with van der Waals surface area (Å²) < 4.78 is 49.1. The van der Waals surface area contributed by atoms with Gasteiger partial charge in [-0.1, -0.05) is 17.7 Å². The maximum Gasteiger partial charge on any atom is 0.324 e. The number of nitro groups is 1. The molecular weight excluding hydrogens is 308 g/mol. The number of amides is 1. The van der Waals surface area contributed by atoms with Crippen LogP contribution in [-0.2, 0) is 0 Å². The van der Waals surface area contributed by atoms with Gasteiger partial charge in [-0.15, -0.1) is 0 Å². The lowest BCUT2D eigenvalue weighted by Crippen LogP contribution is -2.41. The van der Waals surface area contributed by atoms with E-state index >= 15 is 0 Å². The number of nitrogens with zero attached hydrogens (tertiary/aromatic N) is 1. The topological polar surface area (TPSA) is 72.2 Å². The van der Waals surface area contributed by atoms with Crippen molar-refractivity contribution >= 4 is 23.2 Å². The van der Waals surface area contributed by atoms with E-state index < -0.39 is 41.0 Å². The normalized spacial score (nSPS) is 11.5. The van der Waals surface area contributed by atoms with E-state index in [9.17, 15) is 32.5 Å². The lowest BCUT2D eigenvalue weighted by atomic mass is 10.1. The summed E-state index contributed by atoms with van der Waals surface area (Å²) in [6, 6.07) is 3.29. The number of hydrogen-bond acceptors (Lipinski definition) is 3. The molecule has 110 valence electrons. The van der Waals surface area contributed by atoms with E-state index in [4.69, 9.17) is 11.6 Å². The van der Waals surface area contributed by atoms with Gasteiger partial charge in [0, 0.05) is 0 Å². The first-order valence-electron chi connectivity index (χ1n) is 5.04. The molecule has 1 rings (SSSR count). The van der Waals surface area contributed by atoms with E-state index in [1.165, 1.54) is 11.4 Å². The van der Waals surface area contributed by atoms with Gasteiger partial charge in [0.05, 0.1) is 11.5 Å². The molecular formula is C10H7ClF4N2O3. The fraction of sp³-hybridized carbons (Fsp3) is 0.300. The highest BCUT2D eigenvalue weighted by Crippen LogP contribution is 2.28. The molecule has 0 radical (unpaired) electrons. The number of carbonyl (C=O) groups excluding carboxylic acids is 1. The Balaban J connectivity index is 2.95. The van der Waals surface area contributed by atoms with Gasteiger partial charge in [-0.2, -0.15) is 8.78 Å². The maximum atomic E-state index is 12.6. The zero-order valence-electron chi connectivity index (χ0n) is 9.58. The molecule has 1 aromatic rings. The van der Waals surface area contributed by atoms with E-state index in [2.05, 4.69) is 0 Å². The molecule has 0 heterocycles. The van der Waals surface area contributed by atoms with Gasteiger partial charge in [0.25, 0.3) is 5.91 Å². The molecule has 0 fully saturated rings. The number of rotatable bonds is 5. The van der Waals surface area contributed by atoms with E-state index in [1.54, 1.807) is 0 Å². The third kappa shape index (κ3) is 3.56.